The van der Waals surface area contributed by atoms with Gasteiger partial charge in [-0.2, -0.15) is 0 Å². The van der Waals surface area contributed by atoms with E-state index in [0.717, 1.165) is 41.0 Å². The number of rotatable bonds is 7. The van der Waals surface area contributed by atoms with Gasteiger partial charge < -0.3 is 4.74 Å². The maximum Gasteiger partial charge on any atom is 0.250 e. The first-order chi connectivity index (χ1) is 12.0. The van der Waals surface area contributed by atoms with E-state index >= 15 is 0 Å². The van der Waals surface area contributed by atoms with Crippen LogP contribution < -0.4 is 9.46 Å². The molecule has 0 amide bonds. The fourth-order valence-electron chi connectivity index (χ4n) is 3.04. The van der Waals surface area contributed by atoms with Gasteiger partial charge in [0.2, 0.25) is 10.0 Å². The fourth-order valence-corrected chi connectivity index (χ4v) is 6.13. The van der Waals surface area contributed by atoms with Crippen LogP contribution in [-0.4, -0.2) is 40.1 Å². The number of ether oxygens (including phenoxy) is 1. The lowest BCUT2D eigenvalue weighted by atomic mass is 10.1. The molecule has 1 N–H and O–H groups in total. The molecule has 1 aliphatic heterocycles. The summed E-state index contributed by atoms with van der Waals surface area (Å²) < 4.78 is 34.2. The van der Waals surface area contributed by atoms with Crippen molar-refractivity contribution in [2.45, 2.75) is 23.1 Å². The normalized spacial score (nSPS) is 16.9. The lowest BCUT2D eigenvalue weighted by molar-refractivity contribution is 0.246. The first kappa shape index (κ1) is 18.8. The lowest BCUT2D eigenvalue weighted by Gasteiger charge is -2.28. The van der Waals surface area contributed by atoms with E-state index in [0.29, 0.717) is 10.8 Å². The summed E-state index contributed by atoms with van der Waals surface area (Å²) in [6.45, 7) is 2.33. The van der Waals surface area contributed by atoms with Crippen LogP contribution in [0.1, 0.15) is 24.4 Å². The van der Waals surface area contributed by atoms with Gasteiger partial charge in [0.05, 0.1) is 10.9 Å². The molecule has 2 aromatic rings. The second-order valence-electron chi connectivity index (χ2n) is 5.94. The van der Waals surface area contributed by atoms with Crippen molar-refractivity contribution in [1.82, 2.24) is 9.62 Å². The van der Waals surface area contributed by atoms with Crippen molar-refractivity contribution in [3.05, 3.63) is 45.7 Å². The topological polar surface area (TPSA) is 58.6 Å². The zero-order valence-corrected chi connectivity index (χ0v) is 17.2. The molecule has 0 spiro atoms. The third-order valence-corrected chi connectivity index (χ3v) is 7.90. The molecular formula is C17H21BrN2O3S2. The summed E-state index contributed by atoms with van der Waals surface area (Å²) in [6, 6.07) is 11.3. The summed E-state index contributed by atoms with van der Waals surface area (Å²) >= 11 is 4.53. The number of nitrogens with zero attached hydrogens (tertiary/aromatic N) is 1. The van der Waals surface area contributed by atoms with E-state index in [1.165, 1.54) is 11.3 Å². The first-order valence-corrected chi connectivity index (χ1v) is 11.2. The van der Waals surface area contributed by atoms with Gasteiger partial charge in [-0.25, -0.2) is 13.1 Å². The maximum absolute atomic E-state index is 12.5. The molecule has 1 fully saturated rings. The van der Waals surface area contributed by atoms with Crippen LogP contribution in [0.25, 0.3) is 0 Å². The van der Waals surface area contributed by atoms with Gasteiger partial charge in [0, 0.05) is 12.6 Å². The minimum absolute atomic E-state index is 0.0200. The second kappa shape index (κ2) is 8.18. The summed E-state index contributed by atoms with van der Waals surface area (Å²) in [7, 11) is -1.86. The van der Waals surface area contributed by atoms with Gasteiger partial charge in [-0.05, 0) is 71.7 Å². The maximum atomic E-state index is 12.5. The van der Waals surface area contributed by atoms with Crippen LogP contribution in [0.3, 0.4) is 0 Å². The summed E-state index contributed by atoms with van der Waals surface area (Å²) in [4.78, 5) is 2.34. The van der Waals surface area contributed by atoms with Crippen molar-refractivity contribution in [1.29, 1.82) is 0 Å². The molecule has 5 nitrogen and oxygen atoms in total. The molecule has 0 aliphatic carbocycles. The summed E-state index contributed by atoms with van der Waals surface area (Å²) in [5.74, 6) is 0.799. The molecule has 8 heteroatoms. The van der Waals surface area contributed by atoms with Crippen molar-refractivity contribution in [2.24, 2.45) is 0 Å². The van der Waals surface area contributed by atoms with Gasteiger partial charge in [-0.3, -0.25) is 4.90 Å². The van der Waals surface area contributed by atoms with E-state index < -0.39 is 10.0 Å². The van der Waals surface area contributed by atoms with Crippen LogP contribution in [0.15, 0.2) is 44.4 Å². The van der Waals surface area contributed by atoms with Crippen LogP contribution in [-0.2, 0) is 10.0 Å². The number of likely N-dealkylation sites (tertiary alicyclic amines) is 1. The Morgan fingerprint density at radius 1 is 1.20 bits per heavy atom. The van der Waals surface area contributed by atoms with Crippen LogP contribution in [0.4, 0.5) is 0 Å². The predicted molar refractivity (Wildman–Crippen MR) is 104 cm³/mol. The molecule has 0 radical (unpaired) electrons. The summed E-state index contributed by atoms with van der Waals surface area (Å²) in [5.41, 5.74) is 1.10. The summed E-state index contributed by atoms with van der Waals surface area (Å²) in [5, 5.41) is 0. The number of nitrogens with one attached hydrogen (secondary N) is 1. The number of hydrogen-bond donors (Lipinski definition) is 1. The van der Waals surface area contributed by atoms with Gasteiger partial charge >= 0.3 is 0 Å². The molecule has 1 unspecified atom stereocenters. The van der Waals surface area contributed by atoms with Gasteiger partial charge in [0.25, 0.3) is 0 Å². The van der Waals surface area contributed by atoms with Crippen molar-refractivity contribution in [3.63, 3.8) is 0 Å². The molecular weight excluding hydrogens is 424 g/mol. The predicted octanol–water partition coefficient (Wildman–Crippen LogP) is 3.63. The largest absolute Gasteiger partial charge is 0.497 e. The Morgan fingerprint density at radius 3 is 2.44 bits per heavy atom. The molecule has 0 bridgehead atoms. The zero-order valence-electron chi connectivity index (χ0n) is 13.9. The highest BCUT2D eigenvalue weighted by atomic mass is 79.9. The molecule has 1 aliphatic rings. The molecule has 136 valence electrons. The van der Waals surface area contributed by atoms with Crippen molar-refractivity contribution in [2.75, 3.05) is 26.7 Å². The van der Waals surface area contributed by atoms with Crippen LogP contribution in [0, 0.1) is 0 Å². The quantitative estimate of drug-likeness (QED) is 0.707. The molecule has 1 saturated heterocycles. The molecule has 1 aromatic heterocycles. The number of hydrogen-bond acceptors (Lipinski definition) is 5. The molecule has 2 heterocycles. The minimum atomic E-state index is -3.50. The average Bonchev–Trinajstić information content (AvgIpc) is 3.28. The first-order valence-electron chi connectivity index (χ1n) is 8.12. The minimum Gasteiger partial charge on any atom is -0.497 e. The molecule has 3 rings (SSSR count). The third kappa shape index (κ3) is 4.62. The SMILES string of the molecule is COc1ccc(C(CNS(=O)(=O)c2ccc(Br)s2)N2CCCC2)cc1. The standard InChI is InChI=1S/C17H21BrN2O3S2/c1-23-14-6-4-13(5-7-14)15(20-10-2-3-11-20)12-19-25(21,22)17-9-8-16(18)24-17/h4-9,15,19H,2-3,10-12H2,1H3. The monoisotopic (exact) mass is 444 g/mol. The number of methoxy groups -OCH3 is 1. The highest BCUT2D eigenvalue weighted by molar-refractivity contribution is 9.11. The van der Waals surface area contributed by atoms with Crippen LogP contribution in [0.2, 0.25) is 0 Å². The molecule has 25 heavy (non-hydrogen) atoms. The molecule has 1 atom stereocenters. The smallest absolute Gasteiger partial charge is 0.250 e. The van der Waals surface area contributed by atoms with E-state index in [4.69, 9.17) is 4.74 Å². The Kier molecular flexibility index (Phi) is 6.17. The van der Waals surface area contributed by atoms with Gasteiger partial charge in [-0.15, -0.1) is 11.3 Å². The van der Waals surface area contributed by atoms with Gasteiger partial charge in [-0.1, -0.05) is 12.1 Å². The summed E-state index contributed by atoms with van der Waals surface area (Å²) in [6.07, 6.45) is 2.30. The number of thiophene rings is 1. The Labute approximate surface area is 161 Å². The van der Waals surface area contributed by atoms with Crippen molar-refractivity contribution < 1.29 is 13.2 Å². The van der Waals surface area contributed by atoms with Crippen LogP contribution >= 0.6 is 27.3 Å². The number of halogens is 1. The fraction of sp³-hybridized carbons (Fsp3) is 0.412. The van der Waals surface area contributed by atoms with Gasteiger partial charge in [0.15, 0.2) is 0 Å². The van der Waals surface area contributed by atoms with Gasteiger partial charge in [0.1, 0.15) is 9.96 Å². The number of sulfonamides is 1. The Balaban J connectivity index is 1.77. The highest BCUT2D eigenvalue weighted by Gasteiger charge is 2.26. The Morgan fingerprint density at radius 2 is 1.88 bits per heavy atom. The average molecular weight is 445 g/mol. The Hall–Kier alpha value is -0.930. The zero-order chi connectivity index (χ0) is 17.9. The lowest BCUT2D eigenvalue weighted by Crippen LogP contribution is -2.36. The van der Waals surface area contributed by atoms with E-state index in [1.54, 1.807) is 19.2 Å². The Bertz CT molecular complexity index is 800. The molecule has 0 saturated carbocycles. The molecule has 1 aromatic carbocycles. The van der Waals surface area contributed by atoms with Crippen molar-refractivity contribution >= 4 is 37.3 Å². The third-order valence-electron chi connectivity index (χ3n) is 4.36. The van der Waals surface area contributed by atoms with E-state index in [-0.39, 0.29) is 6.04 Å². The second-order valence-corrected chi connectivity index (χ2v) is 10.4. The van der Waals surface area contributed by atoms with Crippen molar-refractivity contribution in [3.8, 4) is 5.75 Å². The van der Waals surface area contributed by atoms with Crippen LogP contribution in [0.5, 0.6) is 5.75 Å². The highest BCUT2D eigenvalue weighted by Crippen LogP contribution is 2.28. The van der Waals surface area contributed by atoms with E-state index in [9.17, 15) is 8.42 Å². The van der Waals surface area contributed by atoms with E-state index in [2.05, 4.69) is 25.6 Å². The number of benzene rings is 1. The van der Waals surface area contributed by atoms with E-state index in [1.807, 2.05) is 24.3 Å².